The van der Waals surface area contributed by atoms with E-state index in [1.807, 2.05) is 54.6 Å². The molecule has 5 nitrogen and oxygen atoms in total. The van der Waals surface area contributed by atoms with Gasteiger partial charge in [0.15, 0.2) is 6.10 Å². The van der Waals surface area contributed by atoms with E-state index in [0.717, 1.165) is 43.2 Å². The fourth-order valence-electron chi connectivity index (χ4n) is 2.83. The van der Waals surface area contributed by atoms with Crippen molar-refractivity contribution in [1.29, 1.82) is 0 Å². The molecular weight excluding hydrogens is 304 g/mol. The number of rotatable bonds is 5. The molecule has 2 aromatic rings. The van der Waals surface area contributed by atoms with E-state index in [0.29, 0.717) is 0 Å². The van der Waals surface area contributed by atoms with Crippen LogP contribution in [0.25, 0.3) is 0 Å². The Bertz CT molecular complexity index is 669. The molecule has 24 heavy (non-hydrogen) atoms. The van der Waals surface area contributed by atoms with E-state index in [9.17, 15) is 4.79 Å². The molecule has 126 valence electrons. The predicted molar refractivity (Wildman–Crippen MR) is 94.3 cm³/mol. The van der Waals surface area contributed by atoms with E-state index in [1.165, 1.54) is 0 Å². The first-order valence-corrected chi connectivity index (χ1v) is 8.09. The molecule has 0 aromatic heterocycles. The third-order valence-electron chi connectivity index (χ3n) is 4.07. The van der Waals surface area contributed by atoms with Crippen LogP contribution in [-0.2, 0) is 14.3 Å². The molecule has 2 aromatic carbocycles. The minimum atomic E-state index is -0.627. The van der Waals surface area contributed by atoms with E-state index in [1.54, 1.807) is 7.11 Å². The van der Waals surface area contributed by atoms with Gasteiger partial charge in [-0.25, -0.2) is 0 Å². The highest BCUT2D eigenvalue weighted by Gasteiger charge is 2.20. The first-order valence-electron chi connectivity index (χ1n) is 8.09. The molecule has 1 aliphatic rings. The third kappa shape index (κ3) is 3.93. The lowest BCUT2D eigenvalue weighted by Gasteiger charge is -2.29. The number of amides is 1. The average molecular weight is 326 g/mol. The zero-order valence-electron chi connectivity index (χ0n) is 13.8. The summed E-state index contributed by atoms with van der Waals surface area (Å²) in [5.41, 5.74) is 2.69. The van der Waals surface area contributed by atoms with Gasteiger partial charge in [-0.2, -0.15) is 0 Å². The lowest BCUT2D eigenvalue weighted by Crippen LogP contribution is -2.36. The zero-order chi connectivity index (χ0) is 16.8. The second-order valence-electron chi connectivity index (χ2n) is 5.67. The third-order valence-corrected chi connectivity index (χ3v) is 4.07. The highest BCUT2D eigenvalue weighted by atomic mass is 16.5. The molecule has 3 rings (SSSR count). The van der Waals surface area contributed by atoms with Crippen molar-refractivity contribution in [2.75, 3.05) is 43.6 Å². The second-order valence-corrected chi connectivity index (χ2v) is 5.67. The van der Waals surface area contributed by atoms with E-state index in [2.05, 4.69) is 10.2 Å². The number of hydrogen-bond acceptors (Lipinski definition) is 4. The lowest BCUT2D eigenvalue weighted by atomic mass is 10.1. The van der Waals surface area contributed by atoms with Crippen LogP contribution in [0.5, 0.6) is 0 Å². The van der Waals surface area contributed by atoms with Crippen molar-refractivity contribution in [3.05, 3.63) is 60.2 Å². The van der Waals surface area contributed by atoms with Crippen LogP contribution < -0.4 is 10.2 Å². The van der Waals surface area contributed by atoms with E-state index < -0.39 is 6.10 Å². The molecule has 0 saturated carbocycles. The van der Waals surface area contributed by atoms with Crippen LogP contribution >= 0.6 is 0 Å². The van der Waals surface area contributed by atoms with Gasteiger partial charge in [0.05, 0.1) is 13.2 Å². The molecule has 1 amide bonds. The smallest absolute Gasteiger partial charge is 0.258 e. The van der Waals surface area contributed by atoms with Crippen molar-refractivity contribution in [2.24, 2.45) is 0 Å². The van der Waals surface area contributed by atoms with Gasteiger partial charge >= 0.3 is 0 Å². The highest BCUT2D eigenvalue weighted by molar-refractivity contribution is 5.95. The summed E-state index contributed by atoms with van der Waals surface area (Å²) in [6.45, 7) is 3.19. The highest BCUT2D eigenvalue weighted by Crippen LogP contribution is 2.23. The Hall–Kier alpha value is -2.37. The standard InChI is InChI=1S/C19H22N2O3/c1-23-18(15-6-3-2-4-7-15)19(22)20-16-8-5-9-17(14-16)21-10-12-24-13-11-21/h2-9,14,18H,10-13H2,1H3,(H,20,22)/t18-/m0/s1. The van der Waals surface area contributed by atoms with Gasteiger partial charge in [-0.15, -0.1) is 0 Å². The number of benzene rings is 2. The van der Waals surface area contributed by atoms with Gasteiger partial charge in [0.1, 0.15) is 0 Å². The van der Waals surface area contributed by atoms with E-state index >= 15 is 0 Å². The molecule has 0 spiro atoms. The summed E-state index contributed by atoms with van der Waals surface area (Å²) in [5.74, 6) is -0.178. The topological polar surface area (TPSA) is 50.8 Å². The minimum Gasteiger partial charge on any atom is -0.378 e. The van der Waals surface area contributed by atoms with Crippen LogP contribution in [0.3, 0.4) is 0 Å². The molecular formula is C19H22N2O3. The second kappa shape index (κ2) is 7.95. The molecule has 1 fully saturated rings. The maximum atomic E-state index is 12.6. The summed E-state index contributed by atoms with van der Waals surface area (Å²) in [4.78, 5) is 14.8. The molecule has 1 atom stereocenters. The molecule has 0 unspecified atom stereocenters. The number of nitrogens with zero attached hydrogens (tertiary/aromatic N) is 1. The number of hydrogen-bond donors (Lipinski definition) is 1. The van der Waals surface area contributed by atoms with Crippen molar-refractivity contribution in [1.82, 2.24) is 0 Å². The Kier molecular flexibility index (Phi) is 5.46. The number of carbonyl (C=O) groups excluding carboxylic acids is 1. The molecule has 0 bridgehead atoms. The van der Waals surface area contributed by atoms with Crippen molar-refractivity contribution in [3.8, 4) is 0 Å². The fourth-order valence-corrected chi connectivity index (χ4v) is 2.83. The summed E-state index contributed by atoms with van der Waals surface area (Å²) in [6, 6.07) is 17.4. The van der Waals surface area contributed by atoms with Crippen LogP contribution in [0.2, 0.25) is 0 Å². The predicted octanol–water partition coefficient (Wildman–Crippen LogP) is 2.85. The monoisotopic (exact) mass is 326 g/mol. The molecule has 1 heterocycles. The summed E-state index contributed by atoms with van der Waals surface area (Å²) in [7, 11) is 1.54. The Morgan fingerprint density at radius 2 is 1.88 bits per heavy atom. The van der Waals surface area contributed by atoms with Crippen molar-refractivity contribution >= 4 is 17.3 Å². The van der Waals surface area contributed by atoms with Crippen LogP contribution in [0.1, 0.15) is 11.7 Å². The molecule has 1 aliphatic heterocycles. The van der Waals surface area contributed by atoms with Gasteiger partial charge in [0, 0.05) is 31.6 Å². The molecule has 5 heteroatoms. The van der Waals surface area contributed by atoms with E-state index in [4.69, 9.17) is 9.47 Å². The largest absolute Gasteiger partial charge is 0.378 e. The molecule has 1 N–H and O–H groups in total. The van der Waals surface area contributed by atoms with Gasteiger partial charge in [0.2, 0.25) is 0 Å². The summed E-state index contributed by atoms with van der Waals surface area (Å²) < 4.78 is 10.8. The van der Waals surface area contributed by atoms with Crippen molar-refractivity contribution in [3.63, 3.8) is 0 Å². The minimum absolute atomic E-state index is 0.178. The molecule has 0 radical (unpaired) electrons. The summed E-state index contributed by atoms with van der Waals surface area (Å²) in [5, 5.41) is 2.95. The van der Waals surface area contributed by atoms with Gasteiger partial charge in [-0.1, -0.05) is 36.4 Å². The fraction of sp³-hybridized carbons (Fsp3) is 0.316. The van der Waals surface area contributed by atoms with Crippen LogP contribution in [0.15, 0.2) is 54.6 Å². The van der Waals surface area contributed by atoms with Crippen LogP contribution in [-0.4, -0.2) is 39.3 Å². The Morgan fingerprint density at radius 3 is 2.58 bits per heavy atom. The summed E-state index contributed by atoms with van der Waals surface area (Å²) >= 11 is 0. The number of nitrogens with one attached hydrogen (secondary N) is 1. The van der Waals surface area contributed by atoms with Gasteiger partial charge in [0.25, 0.3) is 5.91 Å². The van der Waals surface area contributed by atoms with Crippen molar-refractivity contribution in [2.45, 2.75) is 6.10 Å². The number of methoxy groups -OCH3 is 1. The van der Waals surface area contributed by atoms with Crippen LogP contribution in [0, 0.1) is 0 Å². The van der Waals surface area contributed by atoms with E-state index in [-0.39, 0.29) is 5.91 Å². The van der Waals surface area contributed by atoms with Gasteiger partial charge in [-0.3, -0.25) is 4.79 Å². The number of carbonyl (C=O) groups is 1. The first kappa shape index (κ1) is 16.5. The van der Waals surface area contributed by atoms with Gasteiger partial charge in [-0.05, 0) is 23.8 Å². The molecule has 0 aliphatic carbocycles. The Balaban J connectivity index is 1.71. The summed E-state index contributed by atoms with van der Waals surface area (Å²) in [6.07, 6.45) is -0.627. The normalized spacial score (nSPS) is 15.8. The number of morpholine rings is 1. The number of ether oxygens (including phenoxy) is 2. The molecule has 1 saturated heterocycles. The lowest BCUT2D eigenvalue weighted by molar-refractivity contribution is -0.126. The Morgan fingerprint density at radius 1 is 1.12 bits per heavy atom. The van der Waals surface area contributed by atoms with Crippen molar-refractivity contribution < 1.29 is 14.3 Å². The number of anilines is 2. The van der Waals surface area contributed by atoms with Gasteiger partial charge < -0.3 is 19.7 Å². The zero-order valence-corrected chi connectivity index (χ0v) is 13.8. The maximum Gasteiger partial charge on any atom is 0.258 e. The average Bonchev–Trinajstić information content (AvgIpc) is 2.64. The SMILES string of the molecule is CO[C@H](C(=O)Nc1cccc(N2CCOCC2)c1)c1ccccc1. The maximum absolute atomic E-state index is 12.6. The Labute approximate surface area is 142 Å². The first-order chi connectivity index (χ1) is 11.8. The van der Waals surface area contributed by atoms with Crippen LogP contribution in [0.4, 0.5) is 11.4 Å². The quantitative estimate of drug-likeness (QED) is 0.918.